The standard InChI is InChI=1S/C16H13Cl2N7O/c17-9-4-5-10(11(18)7-9)16(26)25-24-15-13(19)14(21-8-22-15)23-12-3-1-2-6-20-12/h1-8H,19H2,(H,25,26)(H2,20,21,22,23,24). The molecule has 2 heterocycles. The van der Waals surface area contributed by atoms with Gasteiger partial charge in [-0.25, -0.2) is 15.0 Å². The minimum Gasteiger partial charge on any atom is -0.393 e. The molecule has 8 nitrogen and oxygen atoms in total. The van der Waals surface area contributed by atoms with Gasteiger partial charge in [0.1, 0.15) is 17.8 Å². The number of aromatic nitrogens is 3. The summed E-state index contributed by atoms with van der Waals surface area (Å²) < 4.78 is 0. The van der Waals surface area contributed by atoms with Crippen LogP contribution in [0.5, 0.6) is 0 Å². The maximum absolute atomic E-state index is 12.2. The highest BCUT2D eigenvalue weighted by molar-refractivity contribution is 6.36. The summed E-state index contributed by atoms with van der Waals surface area (Å²) in [6.07, 6.45) is 2.93. The number of nitrogens with two attached hydrogens (primary N) is 1. The first-order valence-electron chi connectivity index (χ1n) is 7.34. The molecule has 1 aromatic carbocycles. The number of amides is 1. The number of nitrogen functional groups attached to an aromatic ring is 1. The van der Waals surface area contributed by atoms with Crippen LogP contribution < -0.4 is 21.9 Å². The maximum Gasteiger partial charge on any atom is 0.271 e. The molecule has 0 unspecified atom stereocenters. The van der Waals surface area contributed by atoms with Gasteiger partial charge in [0.05, 0.1) is 10.6 Å². The Balaban J connectivity index is 1.72. The van der Waals surface area contributed by atoms with Crippen LogP contribution in [0.4, 0.5) is 23.1 Å². The number of hydrogen-bond acceptors (Lipinski definition) is 7. The lowest BCUT2D eigenvalue weighted by Gasteiger charge is -2.13. The summed E-state index contributed by atoms with van der Waals surface area (Å²) in [6.45, 7) is 0. The Kier molecular flexibility index (Phi) is 5.35. The number of carbonyl (C=O) groups excluding carboxylic acids is 1. The van der Waals surface area contributed by atoms with E-state index in [1.54, 1.807) is 24.4 Å². The Hall–Kier alpha value is -3.10. The fraction of sp³-hybridized carbons (Fsp3) is 0. The van der Waals surface area contributed by atoms with Gasteiger partial charge in [-0.3, -0.25) is 15.6 Å². The quantitative estimate of drug-likeness (QED) is 0.494. The van der Waals surface area contributed by atoms with Gasteiger partial charge in [0.25, 0.3) is 5.91 Å². The highest BCUT2D eigenvalue weighted by Gasteiger charge is 2.13. The molecule has 1 amide bonds. The molecule has 0 aliphatic carbocycles. The van der Waals surface area contributed by atoms with E-state index in [1.807, 2.05) is 6.07 Å². The molecule has 132 valence electrons. The lowest BCUT2D eigenvalue weighted by Crippen LogP contribution is -2.30. The molecule has 0 atom stereocenters. The Bertz CT molecular complexity index is 937. The lowest BCUT2D eigenvalue weighted by atomic mass is 10.2. The predicted molar refractivity (Wildman–Crippen MR) is 102 cm³/mol. The van der Waals surface area contributed by atoms with Crippen LogP contribution in [0.15, 0.2) is 48.9 Å². The molecule has 26 heavy (non-hydrogen) atoms. The number of nitrogens with one attached hydrogen (secondary N) is 3. The second kappa shape index (κ2) is 7.85. The number of pyridine rings is 1. The third-order valence-electron chi connectivity index (χ3n) is 3.27. The van der Waals surface area contributed by atoms with Crippen LogP contribution in [-0.4, -0.2) is 20.9 Å². The fourth-order valence-corrected chi connectivity index (χ4v) is 2.50. The Morgan fingerprint density at radius 3 is 2.58 bits per heavy atom. The van der Waals surface area contributed by atoms with Gasteiger partial charge >= 0.3 is 0 Å². The van der Waals surface area contributed by atoms with Crippen molar-refractivity contribution in [3.8, 4) is 0 Å². The zero-order valence-corrected chi connectivity index (χ0v) is 14.7. The minimum atomic E-state index is -0.469. The van der Waals surface area contributed by atoms with E-state index in [0.29, 0.717) is 16.7 Å². The van der Waals surface area contributed by atoms with Gasteiger partial charge in [0.2, 0.25) is 0 Å². The number of hydrogen-bond donors (Lipinski definition) is 4. The number of anilines is 4. The number of rotatable bonds is 5. The summed E-state index contributed by atoms with van der Waals surface area (Å²) in [5.41, 5.74) is 11.6. The highest BCUT2D eigenvalue weighted by Crippen LogP contribution is 2.25. The summed E-state index contributed by atoms with van der Waals surface area (Å²) in [6, 6.07) is 9.93. The van der Waals surface area contributed by atoms with Gasteiger partial charge < -0.3 is 11.1 Å². The average molecular weight is 390 g/mol. The largest absolute Gasteiger partial charge is 0.393 e. The third kappa shape index (κ3) is 4.11. The Morgan fingerprint density at radius 2 is 1.85 bits per heavy atom. The molecule has 0 saturated carbocycles. The number of carbonyl (C=O) groups is 1. The van der Waals surface area contributed by atoms with Crippen LogP contribution in [-0.2, 0) is 0 Å². The van der Waals surface area contributed by atoms with Crippen molar-refractivity contribution >= 4 is 52.3 Å². The molecule has 0 fully saturated rings. The fourth-order valence-electron chi connectivity index (χ4n) is 2.01. The molecular weight excluding hydrogens is 377 g/mol. The van der Waals surface area contributed by atoms with E-state index in [-0.39, 0.29) is 22.1 Å². The van der Waals surface area contributed by atoms with Crippen LogP contribution in [0.25, 0.3) is 0 Å². The van der Waals surface area contributed by atoms with Crippen molar-refractivity contribution in [1.82, 2.24) is 20.4 Å². The van der Waals surface area contributed by atoms with E-state index in [9.17, 15) is 4.79 Å². The van der Waals surface area contributed by atoms with Crippen molar-refractivity contribution in [2.75, 3.05) is 16.5 Å². The molecule has 3 aromatic rings. The predicted octanol–water partition coefficient (Wildman–Crippen LogP) is 3.26. The first-order valence-corrected chi connectivity index (χ1v) is 8.10. The van der Waals surface area contributed by atoms with Crippen molar-refractivity contribution in [3.05, 3.63) is 64.5 Å². The monoisotopic (exact) mass is 389 g/mol. The summed E-state index contributed by atoms with van der Waals surface area (Å²) in [7, 11) is 0. The molecule has 0 bridgehead atoms. The smallest absolute Gasteiger partial charge is 0.271 e. The molecule has 3 rings (SSSR count). The van der Waals surface area contributed by atoms with Crippen LogP contribution in [0, 0.1) is 0 Å². The molecule has 0 saturated heterocycles. The van der Waals surface area contributed by atoms with E-state index in [0.717, 1.165) is 0 Å². The van der Waals surface area contributed by atoms with Crippen molar-refractivity contribution in [3.63, 3.8) is 0 Å². The zero-order chi connectivity index (χ0) is 18.5. The van der Waals surface area contributed by atoms with Gasteiger partial charge in [0.15, 0.2) is 11.6 Å². The van der Waals surface area contributed by atoms with E-state index in [4.69, 9.17) is 28.9 Å². The molecule has 10 heteroatoms. The van der Waals surface area contributed by atoms with Crippen LogP contribution >= 0.6 is 23.2 Å². The highest BCUT2D eigenvalue weighted by atomic mass is 35.5. The van der Waals surface area contributed by atoms with E-state index >= 15 is 0 Å². The zero-order valence-electron chi connectivity index (χ0n) is 13.2. The molecule has 0 aliphatic heterocycles. The average Bonchev–Trinajstić information content (AvgIpc) is 2.63. The van der Waals surface area contributed by atoms with E-state index in [2.05, 4.69) is 31.1 Å². The second-order valence-electron chi connectivity index (χ2n) is 5.03. The van der Waals surface area contributed by atoms with Gasteiger partial charge in [-0.1, -0.05) is 29.3 Å². The second-order valence-corrected chi connectivity index (χ2v) is 5.87. The van der Waals surface area contributed by atoms with E-state index < -0.39 is 5.91 Å². The maximum atomic E-state index is 12.2. The first kappa shape index (κ1) is 17.7. The van der Waals surface area contributed by atoms with Crippen molar-refractivity contribution in [2.24, 2.45) is 0 Å². The normalized spacial score (nSPS) is 10.2. The van der Waals surface area contributed by atoms with Gasteiger partial charge in [-0.2, -0.15) is 0 Å². The molecule has 0 spiro atoms. The first-order chi connectivity index (χ1) is 12.5. The van der Waals surface area contributed by atoms with Crippen LogP contribution in [0.1, 0.15) is 10.4 Å². The van der Waals surface area contributed by atoms with Crippen LogP contribution in [0.3, 0.4) is 0 Å². The summed E-state index contributed by atoms with van der Waals surface area (Å²) in [5, 5.41) is 3.63. The van der Waals surface area contributed by atoms with Gasteiger partial charge in [-0.05, 0) is 30.3 Å². The number of halogens is 2. The van der Waals surface area contributed by atoms with Gasteiger partial charge in [0, 0.05) is 11.2 Å². The molecule has 5 N–H and O–H groups in total. The summed E-state index contributed by atoms with van der Waals surface area (Å²) in [5.74, 6) is 0.668. The van der Waals surface area contributed by atoms with Crippen molar-refractivity contribution in [2.45, 2.75) is 0 Å². The SMILES string of the molecule is Nc1c(NNC(=O)c2ccc(Cl)cc2Cl)ncnc1Nc1ccccn1. The Morgan fingerprint density at radius 1 is 1.04 bits per heavy atom. The van der Waals surface area contributed by atoms with Crippen molar-refractivity contribution < 1.29 is 4.79 Å². The number of hydrazine groups is 1. The molecular formula is C16H13Cl2N7O. The third-order valence-corrected chi connectivity index (χ3v) is 3.81. The number of benzene rings is 1. The van der Waals surface area contributed by atoms with Crippen molar-refractivity contribution in [1.29, 1.82) is 0 Å². The summed E-state index contributed by atoms with van der Waals surface area (Å²) >= 11 is 11.8. The number of nitrogens with zero attached hydrogens (tertiary/aromatic N) is 3. The minimum absolute atomic E-state index is 0.209. The topological polar surface area (TPSA) is 118 Å². The molecule has 0 radical (unpaired) electrons. The van der Waals surface area contributed by atoms with Crippen LogP contribution in [0.2, 0.25) is 10.0 Å². The van der Waals surface area contributed by atoms with Gasteiger partial charge in [-0.15, -0.1) is 0 Å². The summed E-state index contributed by atoms with van der Waals surface area (Å²) in [4.78, 5) is 24.4. The lowest BCUT2D eigenvalue weighted by molar-refractivity contribution is 0.0962. The Labute approximate surface area is 158 Å². The molecule has 0 aliphatic rings. The van der Waals surface area contributed by atoms with E-state index in [1.165, 1.54) is 18.5 Å². The molecule has 2 aromatic heterocycles.